The summed E-state index contributed by atoms with van der Waals surface area (Å²) < 4.78 is 27.1. The third kappa shape index (κ3) is 4.88. The van der Waals surface area contributed by atoms with Gasteiger partial charge in [0.1, 0.15) is 11.6 Å². The van der Waals surface area contributed by atoms with E-state index in [1.165, 1.54) is 18.2 Å². The number of halogens is 2. The zero-order valence-electron chi connectivity index (χ0n) is 12.0. The summed E-state index contributed by atoms with van der Waals surface area (Å²) in [4.78, 5) is 2.33. The minimum absolute atomic E-state index is 0.130. The van der Waals surface area contributed by atoms with E-state index in [2.05, 4.69) is 24.1 Å². The molecule has 0 fully saturated rings. The van der Waals surface area contributed by atoms with Crippen molar-refractivity contribution in [3.63, 3.8) is 0 Å². The summed E-state index contributed by atoms with van der Waals surface area (Å²) in [7, 11) is 0. The molecule has 0 bridgehead atoms. The van der Waals surface area contributed by atoms with Crippen molar-refractivity contribution in [3.05, 3.63) is 35.4 Å². The molecule has 1 atom stereocenters. The molecular formula is C15H24F2N2. The van der Waals surface area contributed by atoms with E-state index < -0.39 is 11.6 Å². The Morgan fingerprint density at radius 2 is 1.74 bits per heavy atom. The number of nitrogens with one attached hydrogen (secondary N) is 1. The van der Waals surface area contributed by atoms with Crippen LogP contribution in [0.15, 0.2) is 18.2 Å². The number of hydrogen-bond donors (Lipinski definition) is 1. The highest BCUT2D eigenvalue weighted by molar-refractivity contribution is 5.22. The molecule has 1 unspecified atom stereocenters. The lowest BCUT2D eigenvalue weighted by molar-refractivity contribution is 0.296. The molecule has 0 amide bonds. The second kappa shape index (κ2) is 8.23. The molecule has 0 saturated carbocycles. The fourth-order valence-electron chi connectivity index (χ4n) is 2.19. The van der Waals surface area contributed by atoms with Gasteiger partial charge < -0.3 is 10.2 Å². The standard InChI is InChI=1S/C15H24F2N2/c1-4-19(5-2)11-7-10-18-12(3)15-13(16)8-6-9-14(15)17/h6,8-9,12,18H,4-5,7,10-11H2,1-3H3. The molecule has 0 aliphatic carbocycles. The Labute approximate surface area is 114 Å². The monoisotopic (exact) mass is 270 g/mol. The molecule has 0 saturated heterocycles. The van der Waals surface area contributed by atoms with Crippen LogP contribution in [0.5, 0.6) is 0 Å². The molecule has 108 valence electrons. The first kappa shape index (κ1) is 16.1. The summed E-state index contributed by atoms with van der Waals surface area (Å²) in [6.45, 7) is 9.89. The van der Waals surface area contributed by atoms with Gasteiger partial charge in [0, 0.05) is 11.6 Å². The van der Waals surface area contributed by atoms with E-state index in [1.54, 1.807) is 6.92 Å². The number of benzene rings is 1. The quantitative estimate of drug-likeness (QED) is 0.729. The average Bonchev–Trinajstić information content (AvgIpc) is 2.38. The molecule has 1 aromatic rings. The molecule has 1 rings (SSSR count). The molecule has 4 heteroatoms. The van der Waals surface area contributed by atoms with E-state index in [-0.39, 0.29) is 11.6 Å². The third-order valence-electron chi connectivity index (χ3n) is 3.43. The molecule has 1 N–H and O–H groups in total. The Balaban J connectivity index is 2.41. The van der Waals surface area contributed by atoms with Crippen LogP contribution in [-0.4, -0.2) is 31.1 Å². The predicted molar refractivity (Wildman–Crippen MR) is 75.2 cm³/mol. The minimum Gasteiger partial charge on any atom is -0.310 e. The SMILES string of the molecule is CCN(CC)CCCNC(C)c1c(F)cccc1F. The molecule has 19 heavy (non-hydrogen) atoms. The highest BCUT2D eigenvalue weighted by Crippen LogP contribution is 2.19. The van der Waals surface area contributed by atoms with Crippen molar-refractivity contribution in [2.24, 2.45) is 0 Å². The molecule has 0 aromatic heterocycles. The van der Waals surface area contributed by atoms with Crippen molar-refractivity contribution in [1.82, 2.24) is 10.2 Å². The van der Waals surface area contributed by atoms with E-state index in [0.29, 0.717) is 0 Å². The van der Waals surface area contributed by atoms with Crippen molar-refractivity contribution < 1.29 is 8.78 Å². The largest absolute Gasteiger partial charge is 0.310 e. The number of rotatable bonds is 8. The van der Waals surface area contributed by atoms with Crippen LogP contribution in [0.4, 0.5) is 8.78 Å². The summed E-state index contributed by atoms with van der Waals surface area (Å²) in [6.07, 6.45) is 0.974. The number of hydrogen-bond acceptors (Lipinski definition) is 2. The zero-order chi connectivity index (χ0) is 14.3. The van der Waals surface area contributed by atoms with Crippen molar-refractivity contribution in [2.45, 2.75) is 33.2 Å². The summed E-state index contributed by atoms with van der Waals surface area (Å²) in [5, 5.41) is 3.18. The van der Waals surface area contributed by atoms with Crippen LogP contribution in [0.1, 0.15) is 38.8 Å². The van der Waals surface area contributed by atoms with Crippen LogP contribution in [-0.2, 0) is 0 Å². The Kier molecular flexibility index (Phi) is 6.95. The lowest BCUT2D eigenvalue weighted by atomic mass is 10.1. The fraction of sp³-hybridized carbons (Fsp3) is 0.600. The topological polar surface area (TPSA) is 15.3 Å². The Morgan fingerprint density at radius 3 is 2.26 bits per heavy atom. The van der Waals surface area contributed by atoms with E-state index in [4.69, 9.17) is 0 Å². The van der Waals surface area contributed by atoms with Gasteiger partial charge in [-0.25, -0.2) is 8.78 Å². The molecule has 0 aliphatic rings. The lowest BCUT2D eigenvalue weighted by Crippen LogP contribution is -2.28. The Morgan fingerprint density at radius 1 is 1.16 bits per heavy atom. The zero-order valence-corrected chi connectivity index (χ0v) is 12.0. The van der Waals surface area contributed by atoms with Gasteiger partial charge in [0.25, 0.3) is 0 Å². The number of nitrogens with zero attached hydrogens (tertiary/aromatic N) is 1. The van der Waals surface area contributed by atoms with E-state index in [1.807, 2.05) is 0 Å². The average molecular weight is 270 g/mol. The first-order valence-corrected chi connectivity index (χ1v) is 6.99. The van der Waals surface area contributed by atoms with Crippen molar-refractivity contribution >= 4 is 0 Å². The Hall–Kier alpha value is -1.00. The second-order valence-corrected chi connectivity index (χ2v) is 4.69. The Bertz CT molecular complexity index is 358. The summed E-state index contributed by atoms with van der Waals surface area (Å²) in [5.74, 6) is -0.965. The smallest absolute Gasteiger partial charge is 0.130 e. The van der Waals surface area contributed by atoms with Gasteiger partial charge in [0.15, 0.2) is 0 Å². The minimum atomic E-state index is -0.483. The van der Waals surface area contributed by atoms with Crippen LogP contribution in [0, 0.1) is 11.6 Å². The van der Waals surface area contributed by atoms with Gasteiger partial charge in [-0.3, -0.25) is 0 Å². The first-order chi connectivity index (χ1) is 9.10. The summed E-state index contributed by atoms with van der Waals surface area (Å²) in [5.41, 5.74) is 0.130. The molecule has 2 nitrogen and oxygen atoms in total. The van der Waals surface area contributed by atoms with Gasteiger partial charge in [-0.1, -0.05) is 19.9 Å². The van der Waals surface area contributed by atoms with Crippen LogP contribution < -0.4 is 5.32 Å². The highest BCUT2D eigenvalue weighted by Gasteiger charge is 2.14. The van der Waals surface area contributed by atoms with Crippen molar-refractivity contribution in [3.8, 4) is 0 Å². The predicted octanol–water partition coefficient (Wildman–Crippen LogP) is 3.35. The third-order valence-corrected chi connectivity index (χ3v) is 3.43. The highest BCUT2D eigenvalue weighted by atomic mass is 19.1. The van der Waals surface area contributed by atoms with E-state index in [0.717, 1.165) is 32.6 Å². The maximum absolute atomic E-state index is 13.6. The maximum atomic E-state index is 13.6. The summed E-state index contributed by atoms with van der Waals surface area (Å²) in [6, 6.07) is 3.68. The molecule has 0 heterocycles. The maximum Gasteiger partial charge on any atom is 0.130 e. The molecule has 1 aromatic carbocycles. The lowest BCUT2D eigenvalue weighted by Gasteiger charge is -2.19. The second-order valence-electron chi connectivity index (χ2n) is 4.69. The van der Waals surface area contributed by atoms with Gasteiger partial charge in [-0.05, 0) is 51.7 Å². The van der Waals surface area contributed by atoms with Gasteiger partial charge in [0.05, 0.1) is 0 Å². The van der Waals surface area contributed by atoms with Gasteiger partial charge in [0.2, 0.25) is 0 Å². The molecule has 0 radical (unpaired) electrons. The van der Waals surface area contributed by atoms with Crippen molar-refractivity contribution in [2.75, 3.05) is 26.2 Å². The summed E-state index contributed by atoms with van der Waals surface area (Å²) >= 11 is 0. The van der Waals surface area contributed by atoms with Gasteiger partial charge >= 0.3 is 0 Å². The molecular weight excluding hydrogens is 246 g/mol. The van der Waals surface area contributed by atoms with Gasteiger partial charge in [-0.15, -0.1) is 0 Å². The van der Waals surface area contributed by atoms with Crippen LogP contribution in [0.2, 0.25) is 0 Å². The van der Waals surface area contributed by atoms with Crippen molar-refractivity contribution in [1.29, 1.82) is 0 Å². The van der Waals surface area contributed by atoms with Crippen LogP contribution in [0.3, 0.4) is 0 Å². The molecule has 0 spiro atoms. The molecule has 0 aliphatic heterocycles. The van der Waals surface area contributed by atoms with Gasteiger partial charge in [-0.2, -0.15) is 0 Å². The first-order valence-electron chi connectivity index (χ1n) is 6.99. The van der Waals surface area contributed by atoms with Crippen LogP contribution >= 0.6 is 0 Å². The van der Waals surface area contributed by atoms with E-state index in [9.17, 15) is 8.78 Å². The van der Waals surface area contributed by atoms with E-state index >= 15 is 0 Å². The van der Waals surface area contributed by atoms with Crippen LogP contribution in [0.25, 0.3) is 0 Å². The normalized spacial score (nSPS) is 12.9. The fourth-order valence-corrected chi connectivity index (χ4v) is 2.19.